The molecule has 0 aliphatic carbocycles. The van der Waals surface area contributed by atoms with E-state index in [0.717, 1.165) is 0 Å². The van der Waals surface area contributed by atoms with Crippen molar-refractivity contribution in [3.63, 3.8) is 0 Å². The molecule has 0 saturated carbocycles. The van der Waals surface area contributed by atoms with Crippen molar-refractivity contribution in [2.24, 2.45) is 0 Å². The number of aliphatic carboxylic acids is 1. The van der Waals surface area contributed by atoms with Crippen LogP contribution in [-0.2, 0) is 14.3 Å². The van der Waals surface area contributed by atoms with Crippen molar-refractivity contribution in [2.75, 3.05) is 13.6 Å². The number of morpholine rings is 1. The van der Waals surface area contributed by atoms with E-state index in [1.807, 2.05) is 0 Å². The molecule has 2 rings (SSSR count). The average molecular weight is 302 g/mol. The van der Waals surface area contributed by atoms with Crippen LogP contribution in [0, 0.1) is 0 Å². The fourth-order valence-corrected chi connectivity index (χ4v) is 2.13. The number of nitrogens with zero attached hydrogens (tertiary/aromatic N) is 1. The molecule has 2 N–H and O–H groups in total. The van der Waals surface area contributed by atoms with E-state index in [4.69, 9.17) is 9.84 Å². The summed E-state index contributed by atoms with van der Waals surface area (Å²) in [5.74, 6) is -1.49. The standard InChI is InChI=1S/C13H15NO5.ClH/c1-14-7-11(8-3-2-4-9(15)5-8)19-13(18)10(14)6-12(16)17;/h2-5,10-11,15H,6-7H2,1H3,(H,16,17);1H. The van der Waals surface area contributed by atoms with Crippen LogP contribution in [0.3, 0.4) is 0 Å². The van der Waals surface area contributed by atoms with Crippen molar-refractivity contribution < 1.29 is 24.5 Å². The van der Waals surface area contributed by atoms with Gasteiger partial charge in [0.1, 0.15) is 17.9 Å². The normalized spacial score (nSPS) is 22.8. The molecule has 1 aromatic rings. The molecule has 1 aliphatic rings. The fraction of sp³-hybridized carbons (Fsp3) is 0.385. The molecular formula is C13H16ClNO5. The number of carboxylic acid groups (broad SMARTS) is 1. The van der Waals surface area contributed by atoms with Gasteiger partial charge in [0.05, 0.1) is 6.42 Å². The number of hydrogen-bond donors (Lipinski definition) is 2. The number of benzene rings is 1. The van der Waals surface area contributed by atoms with Gasteiger partial charge < -0.3 is 14.9 Å². The summed E-state index contributed by atoms with van der Waals surface area (Å²) in [5, 5.41) is 18.2. The Morgan fingerprint density at radius 1 is 1.50 bits per heavy atom. The predicted octanol–water partition coefficient (Wildman–Crippen LogP) is 1.19. The van der Waals surface area contributed by atoms with Gasteiger partial charge in [-0.15, -0.1) is 12.4 Å². The van der Waals surface area contributed by atoms with Gasteiger partial charge in [0.2, 0.25) is 0 Å². The number of esters is 1. The molecule has 0 amide bonds. The molecular weight excluding hydrogens is 286 g/mol. The van der Waals surface area contributed by atoms with Crippen molar-refractivity contribution in [1.82, 2.24) is 4.90 Å². The maximum atomic E-state index is 11.8. The quantitative estimate of drug-likeness (QED) is 0.816. The monoisotopic (exact) mass is 301 g/mol. The van der Waals surface area contributed by atoms with Gasteiger partial charge in [-0.3, -0.25) is 14.5 Å². The van der Waals surface area contributed by atoms with Crippen molar-refractivity contribution in [2.45, 2.75) is 18.6 Å². The number of likely N-dealkylation sites (N-methyl/N-ethyl adjacent to an activating group) is 1. The molecule has 1 saturated heterocycles. The molecule has 1 heterocycles. The van der Waals surface area contributed by atoms with Crippen LogP contribution in [-0.4, -0.2) is 46.7 Å². The van der Waals surface area contributed by atoms with Crippen LogP contribution in [0.5, 0.6) is 5.75 Å². The number of ether oxygens (including phenoxy) is 1. The first-order valence-corrected chi connectivity index (χ1v) is 5.89. The van der Waals surface area contributed by atoms with Crippen LogP contribution in [0.2, 0.25) is 0 Å². The van der Waals surface area contributed by atoms with Crippen molar-refractivity contribution in [3.05, 3.63) is 29.8 Å². The van der Waals surface area contributed by atoms with Gasteiger partial charge in [-0.25, -0.2) is 0 Å². The van der Waals surface area contributed by atoms with Crippen LogP contribution in [0.25, 0.3) is 0 Å². The number of carbonyl (C=O) groups is 2. The first-order valence-electron chi connectivity index (χ1n) is 5.89. The number of halogens is 1. The van der Waals surface area contributed by atoms with Gasteiger partial charge in [-0.1, -0.05) is 12.1 Å². The van der Waals surface area contributed by atoms with Gasteiger partial charge in [-0.05, 0) is 24.7 Å². The molecule has 20 heavy (non-hydrogen) atoms. The Bertz CT molecular complexity index is 507. The van der Waals surface area contributed by atoms with Crippen LogP contribution < -0.4 is 0 Å². The summed E-state index contributed by atoms with van der Waals surface area (Å²) < 4.78 is 5.26. The molecule has 0 bridgehead atoms. The minimum Gasteiger partial charge on any atom is -0.508 e. The number of rotatable bonds is 3. The molecule has 0 radical (unpaired) electrons. The highest BCUT2D eigenvalue weighted by Gasteiger charge is 2.36. The molecule has 2 unspecified atom stereocenters. The summed E-state index contributed by atoms with van der Waals surface area (Å²) in [6.45, 7) is 0.396. The average Bonchev–Trinajstić information content (AvgIpc) is 2.33. The minimum atomic E-state index is -1.04. The van der Waals surface area contributed by atoms with Crippen LogP contribution in [0.4, 0.5) is 0 Å². The number of phenols is 1. The highest BCUT2D eigenvalue weighted by atomic mass is 35.5. The highest BCUT2D eigenvalue weighted by molar-refractivity contribution is 5.85. The Balaban J connectivity index is 0.00000200. The lowest BCUT2D eigenvalue weighted by Gasteiger charge is -2.35. The first-order chi connectivity index (χ1) is 8.97. The Morgan fingerprint density at radius 2 is 2.20 bits per heavy atom. The second-order valence-electron chi connectivity index (χ2n) is 4.57. The molecule has 7 heteroatoms. The van der Waals surface area contributed by atoms with Gasteiger partial charge >= 0.3 is 11.9 Å². The van der Waals surface area contributed by atoms with E-state index in [-0.39, 0.29) is 24.6 Å². The lowest BCUT2D eigenvalue weighted by Crippen LogP contribution is -2.48. The molecule has 0 aromatic heterocycles. The molecule has 1 aliphatic heterocycles. The highest BCUT2D eigenvalue weighted by Crippen LogP contribution is 2.27. The third kappa shape index (κ3) is 3.61. The number of cyclic esters (lactones) is 1. The number of hydrogen-bond acceptors (Lipinski definition) is 5. The first kappa shape index (κ1) is 16.3. The van der Waals surface area contributed by atoms with E-state index in [0.29, 0.717) is 12.1 Å². The van der Waals surface area contributed by atoms with Gasteiger partial charge in [0.15, 0.2) is 0 Å². The Kier molecular flexibility index (Phi) is 5.35. The summed E-state index contributed by atoms with van der Waals surface area (Å²) in [7, 11) is 1.68. The Labute approximate surface area is 122 Å². The number of carbonyl (C=O) groups excluding carboxylic acids is 1. The zero-order chi connectivity index (χ0) is 14.0. The number of carboxylic acids is 1. The van der Waals surface area contributed by atoms with Crippen molar-refractivity contribution >= 4 is 24.3 Å². The summed E-state index contributed by atoms with van der Waals surface area (Å²) >= 11 is 0. The van der Waals surface area contributed by atoms with Crippen molar-refractivity contribution in [1.29, 1.82) is 0 Å². The van der Waals surface area contributed by atoms with Crippen LogP contribution in [0.15, 0.2) is 24.3 Å². The van der Waals surface area contributed by atoms with Crippen LogP contribution in [0.1, 0.15) is 18.1 Å². The van der Waals surface area contributed by atoms with Gasteiger partial charge in [-0.2, -0.15) is 0 Å². The van der Waals surface area contributed by atoms with Gasteiger partial charge in [0.25, 0.3) is 0 Å². The van der Waals surface area contributed by atoms with E-state index in [1.54, 1.807) is 24.1 Å². The van der Waals surface area contributed by atoms with E-state index in [1.165, 1.54) is 12.1 Å². The van der Waals surface area contributed by atoms with E-state index in [9.17, 15) is 14.7 Å². The zero-order valence-electron chi connectivity index (χ0n) is 10.9. The maximum Gasteiger partial charge on any atom is 0.324 e. The Morgan fingerprint density at radius 3 is 2.75 bits per heavy atom. The number of aromatic hydroxyl groups is 1. The summed E-state index contributed by atoms with van der Waals surface area (Å²) in [4.78, 5) is 24.2. The molecule has 1 aromatic carbocycles. The third-order valence-corrected chi connectivity index (χ3v) is 3.13. The minimum absolute atomic E-state index is 0. The van der Waals surface area contributed by atoms with Gasteiger partial charge in [0, 0.05) is 6.54 Å². The zero-order valence-corrected chi connectivity index (χ0v) is 11.7. The van der Waals surface area contributed by atoms with Crippen LogP contribution >= 0.6 is 12.4 Å². The maximum absolute atomic E-state index is 11.8. The SMILES string of the molecule is CN1CC(c2cccc(O)c2)OC(=O)C1CC(=O)O.Cl. The molecule has 0 spiro atoms. The van der Waals surface area contributed by atoms with Crippen molar-refractivity contribution in [3.8, 4) is 5.75 Å². The fourth-order valence-electron chi connectivity index (χ4n) is 2.13. The molecule has 2 atom stereocenters. The van der Waals surface area contributed by atoms with E-state index in [2.05, 4.69) is 0 Å². The topological polar surface area (TPSA) is 87.1 Å². The molecule has 1 fully saturated rings. The lowest BCUT2D eigenvalue weighted by atomic mass is 10.0. The number of phenolic OH excluding ortho intramolecular Hbond substituents is 1. The largest absolute Gasteiger partial charge is 0.508 e. The van der Waals surface area contributed by atoms with E-state index < -0.39 is 24.1 Å². The second kappa shape index (κ2) is 6.58. The second-order valence-corrected chi connectivity index (χ2v) is 4.57. The molecule has 110 valence electrons. The lowest BCUT2D eigenvalue weighted by molar-refractivity contribution is -0.168. The summed E-state index contributed by atoms with van der Waals surface area (Å²) in [6, 6.07) is 5.73. The smallest absolute Gasteiger partial charge is 0.324 e. The Hall–Kier alpha value is -1.79. The van der Waals surface area contributed by atoms with E-state index >= 15 is 0 Å². The summed E-state index contributed by atoms with van der Waals surface area (Å²) in [5.41, 5.74) is 0.689. The predicted molar refractivity (Wildman–Crippen MR) is 72.9 cm³/mol. The summed E-state index contributed by atoms with van der Waals surface area (Å²) in [6.07, 6.45) is -0.767. The third-order valence-electron chi connectivity index (χ3n) is 3.13. The molecule has 6 nitrogen and oxygen atoms in total.